The van der Waals surface area contributed by atoms with Crippen LogP contribution in [-0.2, 0) is 9.53 Å². The number of benzene rings is 3. The van der Waals surface area contributed by atoms with Gasteiger partial charge in [-0.25, -0.2) is 9.79 Å². The summed E-state index contributed by atoms with van der Waals surface area (Å²) in [6.45, 7) is 6.34. The number of nitrogens with zero attached hydrogens (tertiary/aromatic N) is 2. The van der Waals surface area contributed by atoms with Gasteiger partial charge in [-0.15, -0.1) is 0 Å². The van der Waals surface area contributed by atoms with Crippen LogP contribution in [0, 0.1) is 6.92 Å². The van der Waals surface area contributed by atoms with Crippen molar-refractivity contribution >= 4 is 35.0 Å². The molecule has 0 spiro atoms. The van der Waals surface area contributed by atoms with E-state index >= 15 is 0 Å². The molecule has 0 aliphatic carbocycles. The van der Waals surface area contributed by atoms with E-state index in [0.717, 1.165) is 22.4 Å². The molecule has 1 aliphatic heterocycles. The van der Waals surface area contributed by atoms with E-state index in [1.807, 2.05) is 55.5 Å². The van der Waals surface area contributed by atoms with E-state index < -0.39 is 12.0 Å². The van der Waals surface area contributed by atoms with Crippen LogP contribution in [0.15, 0.2) is 87.8 Å². The average molecular weight is 619 g/mol. The van der Waals surface area contributed by atoms with Crippen molar-refractivity contribution in [1.82, 2.24) is 4.57 Å². The standard InChI is InChI=1S/C33H31ClN2O6S/c1-5-40-32(38)29-21(3)35-33-36(30(29)23-9-11-24(39-4)12-10-23)31(37)28(43-33)19-22-7-6-8-25(18-22)41-15-16-42-26-13-14-27(34)20(2)17-26/h6-14,17-19,30H,5,15-16H2,1-4H3/b28-19-. The maximum atomic E-state index is 13.9. The average Bonchev–Trinajstić information content (AvgIpc) is 3.30. The number of carbonyl (C=O) groups is 1. The summed E-state index contributed by atoms with van der Waals surface area (Å²) in [7, 11) is 1.59. The second-order valence-electron chi connectivity index (χ2n) is 9.76. The first-order chi connectivity index (χ1) is 20.8. The topological polar surface area (TPSA) is 88.4 Å². The van der Waals surface area contributed by atoms with E-state index in [4.69, 9.17) is 30.5 Å². The van der Waals surface area contributed by atoms with Crippen LogP contribution in [0.1, 0.15) is 36.6 Å². The summed E-state index contributed by atoms with van der Waals surface area (Å²) in [6, 6.07) is 19.6. The Kier molecular flexibility index (Phi) is 9.33. The zero-order chi connectivity index (χ0) is 30.5. The molecule has 4 aromatic rings. The summed E-state index contributed by atoms with van der Waals surface area (Å²) >= 11 is 7.35. The highest BCUT2D eigenvalue weighted by Crippen LogP contribution is 2.31. The number of ether oxygens (including phenoxy) is 4. The van der Waals surface area contributed by atoms with E-state index in [1.54, 1.807) is 49.8 Å². The zero-order valence-corrected chi connectivity index (χ0v) is 25.8. The Morgan fingerprint density at radius 1 is 1.00 bits per heavy atom. The smallest absolute Gasteiger partial charge is 0.338 e. The lowest BCUT2D eigenvalue weighted by molar-refractivity contribution is -0.139. The molecule has 3 aromatic carbocycles. The van der Waals surface area contributed by atoms with Gasteiger partial charge in [-0.1, -0.05) is 47.2 Å². The largest absolute Gasteiger partial charge is 0.497 e. The minimum Gasteiger partial charge on any atom is -0.497 e. The van der Waals surface area contributed by atoms with Crippen molar-refractivity contribution in [3.05, 3.63) is 119 Å². The quantitative estimate of drug-likeness (QED) is 0.179. The molecule has 5 rings (SSSR count). The Balaban J connectivity index is 1.42. The molecule has 8 nitrogen and oxygen atoms in total. The SMILES string of the molecule is CCOC(=O)C1=C(C)N=c2s/c(=C\c3cccc(OCCOc4ccc(Cl)c(C)c4)c3)c(=O)n2C1c1ccc(OC)cc1. The Bertz CT molecular complexity index is 1860. The second kappa shape index (κ2) is 13.3. The van der Waals surface area contributed by atoms with Gasteiger partial charge in [0.05, 0.1) is 35.6 Å². The predicted octanol–water partition coefficient (Wildman–Crippen LogP) is 5.23. The fourth-order valence-electron chi connectivity index (χ4n) is 4.76. The Hall–Kier alpha value is -4.34. The van der Waals surface area contributed by atoms with Crippen LogP contribution in [0.25, 0.3) is 6.08 Å². The highest BCUT2D eigenvalue weighted by atomic mass is 35.5. The third kappa shape index (κ3) is 6.68. The zero-order valence-electron chi connectivity index (χ0n) is 24.3. The van der Waals surface area contributed by atoms with Gasteiger partial charge in [0.25, 0.3) is 5.56 Å². The number of aromatic nitrogens is 1. The molecule has 222 valence electrons. The van der Waals surface area contributed by atoms with Crippen LogP contribution in [-0.4, -0.2) is 37.5 Å². The predicted molar refractivity (Wildman–Crippen MR) is 167 cm³/mol. The van der Waals surface area contributed by atoms with Crippen LogP contribution in [0.3, 0.4) is 0 Å². The summed E-state index contributed by atoms with van der Waals surface area (Å²) in [6.07, 6.45) is 1.80. The number of hydrogen-bond donors (Lipinski definition) is 0. The molecule has 10 heteroatoms. The number of allylic oxidation sites excluding steroid dienone is 1. The number of carbonyl (C=O) groups excluding carboxylic acids is 1. The number of aryl methyl sites for hydroxylation is 1. The molecule has 0 fully saturated rings. The molecule has 1 atom stereocenters. The molecule has 1 aliphatic rings. The third-order valence-corrected chi connectivity index (χ3v) is 8.26. The Morgan fingerprint density at radius 2 is 1.70 bits per heavy atom. The molecular weight excluding hydrogens is 588 g/mol. The Morgan fingerprint density at radius 3 is 2.37 bits per heavy atom. The number of esters is 1. The van der Waals surface area contributed by atoms with Crippen molar-refractivity contribution in [3.8, 4) is 17.2 Å². The normalized spacial score (nSPS) is 14.6. The summed E-state index contributed by atoms with van der Waals surface area (Å²) < 4.78 is 24.4. The van der Waals surface area contributed by atoms with Gasteiger partial charge in [0, 0.05) is 5.02 Å². The minimum absolute atomic E-state index is 0.209. The highest BCUT2D eigenvalue weighted by molar-refractivity contribution is 7.07. The van der Waals surface area contributed by atoms with Crippen molar-refractivity contribution in [2.45, 2.75) is 26.8 Å². The fraction of sp³-hybridized carbons (Fsp3) is 0.242. The van der Waals surface area contributed by atoms with Gasteiger partial charge < -0.3 is 18.9 Å². The molecule has 0 radical (unpaired) electrons. The van der Waals surface area contributed by atoms with Crippen LogP contribution in [0.2, 0.25) is 5.02 Å². The van der Waals surface area contributed by atoms with E-state index in [-0.39, 0.29) is 12.2 Å². The van der Waals surface area contributed by atoms with Crippen LogP contribution >= 0.6 is 22.9 Å². The molecule has 43 heavy (non-hydrogen) atoms. The summed E-state index contributed by atoms with van der Waals surface area (Å²) in [4.78, 5) is 32.1. The number of fused-ring (bicyclic) bond motifs is 1. The fourth-order valence-corrected chi connectivity index (χ4v) is 5.93. The minimum atomic E-state index is -0.692. The van der Waals surface area contributed by atoms with Crippen LogP contribution in [0.4, 0.5) is 0 Å². The maximum absolute atomic E-state index is 13.9. The Labute approximate surface area is 258 Å². The van der Waals surface area contributed by atoms with Gasteiger partial charge in [0.15, 0.2) is 4.80 Å². The molecule has 0 bridgehead atoms. The number of thiazole rings is 1. The molecular formula is C33H31ClN2O6S. The molecule has 1 aromatic heterocycles. The molecule has 0 saturated heterocycles. The lowest BCUT2D eigenvalue weighted by Gasteiger charge is -2.24. The van der Waals surface area contributed by atoms with Crippen molar-refractivity contribution in [3.63, 3.8) is 0 Å². The number of rotatable bonds is 10. The van der Waals surface area contributed by atoms with E-state index in [0.29, 0.717) is 50.3 Å². The van der Waals surface area contributed by atoms with Crippen molar-refractivity contribution in [2.75, 3.05) is 26.9 Å². The molecule has 1 unspecified atom stereocenters. The van der Waals surface area contributed by atoms with E-state index in [1.165, 1.54) is 11.3 Å². The number of methoxy groups -OCH3 is 1. The van der Waals surface area contributed by atoms with Crippen molar-refractivity contribution in [1.29, 1.82) is 0 Å². The van der Waals surface area contributed by atoms with Crippen molar-refractivity contribution in [2.24, 2.45) is 4.99 Å². The monoisotopic (exact) mass is 618 g/mol. The maximum Gasteiger partial charge on any atom is 0.338 e. The van der Waals surface area contributed by atoms with E-state index in [9.17, 15) is 9.59 Å². The van der Waals surface area contributed by atoms with Gasteiger partial charge in [-0.05, 0) is 86.0 Å². The number of halogens is 1. The van der Waals surface area contributed by atoms with Gasteiger partial charge in [0.2, 0.25) is 0 Å². The van der Waals surface area contributed by atoms with Gasteiger partial charge in [-0.2, -0.15) is 0 Å². The van der Waals surface area contributed by atoms with Gasteiger partial charge >= 0.3 is 5.97 Å². The first-order valence-electron chi connectivity index (χ1n) is 13.7. The van der Waals surface area contributed by atoms with E-state index in [2.05, 4.69) is 4.99 Å². The molecule has 2 heterocycles. The molecule has 0 saturated carbocycles. The van der Waals surface area contributed by atoms with Gasteiger partial charge in [0.1, 0.15) is 30.5 Å². The van der Waals surface area contributed by atoms with Gasteiger partial charge in [-0.3, -0.25) is 9.36 Å². The number of hydrogen-bond acceptors (Lipinski definition) is 8. The van der Waals surface area contributed by atoms with Crippen LogP contribution in [0.5, 0.6) is 17.2 Å². The first-order valence-corrected chi connectivity index (χ1v) is 14.9. The molecule has 0 amide bonds. The molecule has 0 N–H and O–H groups in total. The summed E-state index contributed by atoms with van der Waals surface area (Å²) in [5, 5.41) is 0.693. The van der Waals surface area contributed by atoms with Crippen LogP contribution < -0.4 is 29.1 Å². The summed E-state index contributed by atoms with van der Waals surface area (Å²) in [5.74, 6) is 1.54. The second-order valence-corrected chi connectivity index (χ2v) is 11.2. The highest BCUT2D eigenvalue weighted by Gasteiger charge is 2.33. The third-order valence-electron chi connectivity index (χ3n) is 6.85. The van der Waals surface area contributed by atoms with Crippen molar-refractivity contribution < 1.29 is 23.7 Å². The lowest BCUT2D eigenvalue weighted by Crippen LogP contribution is -2.39. The lowest BCUT2D eigenvalue weighted by atomic mass is 9.96. The summed E-state index contributed by atoms with van der Waals surface area (Å²) in [5.41, 5.74) is 3.07. The first kappa shape index (κ1) is 30.1.